The first-order chi connectivity index (χ1) is 16.2. The van der Waals surface area contributed by atoms with Crippen LogP contribution in [0, 0.1) is 0 Å². The first kappa shape index (κ1) is 20.0. The molecule has 33 heavy (non-hydrogen) atoms. The summed E-state index contributed by atoms with van der Waals surface area (Å²) in [5, 5.41) is 17.4. The van der Waals surface area contributed by atoms with E-state index in [1.807, 2.05) is 30.3 Å². The molecular formula is C24H18N4O3S2. The highest BCUT2D eigenvalue weighted by molar-refractivity contribution is 7.18. The molecule has 0 aliphatic carbocycles. The molecule has 6 aromatic rings. The fourth-order valence-corrected chi connectivity index (χ4v) is 5.01. The maximum absolute atomic E-state index is 9.54. The summed E-state index contributed by atoms with van der Waals surface area (Å²) < 4.78 is 13.9. The number of aromatic nitrogens is 4. The third-order valence-electron chi connectivity index (χ3n) is 5.32. The maximum Gasteiger partial charge on any atom is 0.291 e. The van der Waals surface area contributed by atoms with Crippen LogP contribution in [-0.4, -0.2) is 24.7 Å². The molecule has 0 aliphatic heterocycles. The second kappa shape index (κ2) is 8.02. The van der Waals surface area contributed by atoms with Gasteiger partial charge in [0.1, 0.15) is 28.6 Å². The van der Waals surface area contributed by atoms with E-state index in [1.165, 1.54) is 0 Å². The molecule has 164 valence electrons. The summed E-state index contributed by atoms with van der Waals surface area (Å²) >= 11 is 2.70. The van der Waals surface area contributed by atoms with E-state index >= 15 is 0 Å². The smallest absolute Gasteiger partial charge is 0.291 e. The lowest BCUT2D eigenvalue weighted by atomic mass is 10.1. The highest BCUT2D eigenvalue weighted by Crippen LogP contribution is 2.36. The Morgan fingerprint density at radius 2 is 1.97 bits per heavy atom. The van der Waals surface area contributed by atoms with Gasteiger partial charge in [0.05, 0.1) is 17.3 Å². The van der Waals surface area contributed by atoms with Crippen molar-refractivity contribution in [1.82, 2.24) is 19.6 Å². The normalized spacial score (nSPS) is 11.5. The van der Waals surface area contributed by atoms with Crippen LogP contribution in [0.1, 0.15) is 17.5 Å². The molecule has 0 aliphatic rings. The van der Waals surface area contributed by atoms with Crippen molar-refractivity contribution in [3.63, 3.8) is 0 Å². The molecule has 9 heteroatoms. The maximum atomic E-state index is 9.54. The van der Waals surface area contributed by atoms with E-state index < -0.39 is 0 Å². The molecule has 0 spiro atoms. The van der Waals surface area contributed by atoms with Gasteiger partial charge in [-0.15, -0.1) is 16.4 Å². The second-order valence-corrected chi connectivity index (χ2v) is 9.37. The SMILES string of the molecule is CCc1cc(OCc2nc(-c3ccccc3)cs2)c2cc(-c3cn4nc(O)sc4n3)oc2c1. The second-order valence-electron chi connectivity index (χ2n) is 7.49. The number of ether oxygens (including phenoxy) is 1. The van der Waals surface area contributed by atoms with Crippen molar-refractivity contribution in [2.45, 2.75) is 20.0 Å². The van der Waals surface area contributed by atoms with Crippen molar-refractivity contribution in [3.8, 4) is 33.7 Å². The monoisotopic (exact) mass is 474 g/mol. The van der Waals surface area contributed by atoms with Crippen molar-refractivity contribution < 1.29 is 14.3 Å². The lowest BCUT2D eigenvalue weighted by Crippen LogP contribution is -1.96. The number of thiazole rings is 1. The Kier molecular flexibility index (Phi) is 4.85. The molecule has 0 unspecified atom stereocenters. The molecule has 0 atom stereocenters. The fourth-order valence-electron chi connectivity index (χ4n) is 3.68. The molecule has 0 radical (unpaired) electrons. The molecule has 0 saturated carbocycles. The molecule has 6 rings (SSSR count). The Morgan fingerprint density at radius 3 is 2.79 bits per heavy atom. The number of aromatic hydroxyl groups is 1. The number of fused-ring (bicyclic) bond motifs is 2. The molecule has 4 heterocycles. The van der Waals surface area contributed by atoms with Crippen LogP contribution in [-0.2, 0) is 13.0 Å². The van der Waals surface area contributed by atoms with Crippen LogP contribution in [0.25, 0.3) is 38.6 Å². The number of furan rings is 1. The lowest BCUT2D eigenvalue weighted by molar-refractivity contribution is 0.309. The van der Waals surface area contributed by atoms with Crippen LogP contribution in [0.5, 0.6) is 10.9 Å². The highest BCUT2D eigenvalue weighted by Gasteiger charge is 2.17. The zero-order valence-electron chi connectivity index (χ0n) is 17.6. The molecule has 0 fully saturated rings. The van der Waals surface area contributed by atoms with E-state index in [0.717, 1.165) is 56.3 Å². The van der Waals surface area contributed by atoms with Crippen molar-refractivity contribution in [1.29, 1.82) is 0 Å². The zero-order chi connectivity index (χ0) is 22.4. The number of nitrogens with zero attached hydrogens (tertiary/aromatic N) is 4. The molecule has 4 aromatic heterocycles. The Labute approximate surface area is 196 Å². The van der Waals surface area contributed by atoms with Crippen molar-refractivity contribution in [2.24, 2.45) is 0 Å². The van der Waals surface area contributed by atoms with Crippen molar-refractivity contribution in [2.75, 3.05) is 0 Å². The fraction of sp³-hybridized carbons (Fsp3) is 0.125. The number of imidazole rings is 1. The van der Waals surface area contributed by atoms with Gasteiger partial charge in [-0.1, -0.05) is 37.3 Å². The number of hydrogen-bond acceptors (Lipinski definition) is 8. The van der Waals surface area contributed by atoms with Gasteiger partial charge in [0.2, 0.25) is 4.96 Å². The predicted molar refractivity (Wildman–Crippen MR) is 129 cm³/mol. The summed E-state index contributed by atoms with van der Waals surface area (Å²) in [6, 6.07) is 16.2. The quantitative estimate of drug-likeness (QED) is 0.310. The molecule has 0 bridgehead atoms. The van der Waals surface area contributed by atoms with E-state index in [-0.39, 0.29) is 5.19 Å². The van der Waals surface area contributed by atoms with E-state index in [2.05, 4.69) is 40.6 Å². The standard InChI is InChI=1S/C24H18N4O3S2/c1-2-14-8-19(30-12-22-25-18(13-32-22)15-6-4-3-5-7-15)16-10-21(31-20(16)9-14)17-11-28-23(26-17)33-24(29)27-28/h3-11,13H,2,12H2,1H3,(H,27,29). The van der Waals surface area contributed by atoms with E-state index in [9.17, 15) is 5.11 Å². The minimum absolute atomic E-state index is 0.0189. The first-order valence-electron chi connectivity index (χ1n) is 10.4. The minimum atomic E-state index is -0.0189. The Morgan fingerprint density at radius 1 is 1.09 bits per heavy atom. The minimum Gasteiger partial charge on any atom is -0.486 e. The summed E-state index contributed by atoms with van der Waals surface area (Å²) in [4.78, 5) is 9.84. The van der Waals surface area contributed by atoms with Crippen molar-refractivity contribution in [3.05, 3.63) is 70.7 Å². The molecule has 0 amide bonds. The van der Waals surface area contributed by atoms with Gasteiger partial charge < -0.3 is 14.3 Å². The van der Waals surface area contributed by atoms with Crippen LogP contribution in [0.2, 0.25) is 0 Å². The number of rotatable bonds is 6. The predicted octanol–water partition coefficient (Wildman–Crippen LogP) is 6.17. The third kappa shape index (κ3) is 3.75. The van der Waals surface area contributed by atoms with Gasteiger partial charge >= 0.3 is 0 Å². The topological polar surface area (TPSA) is 85.7 Å². The summed E-state index contributed by atoms with van der Waals surface area (Å²) in [5.74, 6) is 1.38. The van der Waals surface area contributed by atoms with Crippen LogP contribution in [0.15, 0.2) is 64.5 Å². The Balaban J connectivity index is 1.31. The van der Waals surface area contributed by atoms with E-state index in [1.54, 1.807) is 22.0 Å². The molecule has 7 nitrogen and oxygen atoms in total. The van der Waals surface area contributed by atoms with Gasteiger partial charge in [-0.3, -0.25) is 0 Å². The van der Waals surface area contributed by atoms with Crippen LogP contribution >= 0.6 is 22.7 Å². The van der Waals surface area contributed by atoms with Gasteiger partial charge in [-0.05, 0) is 41.5 Å². The third-order valence-corrected chi connectivity index (χ3v) is 6.87. The van der Waals surface area contributed by atoms with Gasteiger partial charge in [0, 0.05) is 10.9 Å². The summed E-state index contributed by atoms with van der Waals surface area (Å²) in [5.41, 5.74) is 4.58. The van der Waals surface area contributed by atoms with Gasteiger partial charge in [0.25, 0.3) is 5.19 Å². The molecular weight excluding hydrogens is 456 g/mol. The van der Waals surface area contributed by atoms with Gasteiger partial charge in [-0.2, -0.15) is 0 Å². The number of hydrogen-bond donors (Lipinski definition) is 1. The average molecular weight is 475 g/mol. The summed E-state index contributed by atoms with van der Waals surface area (Å²) in [6.07, 6.45) is 2.60. The zero-order valence-corrected chi connectivity index (χ0v) is 19.2. The van der Waals surface area contributed by atoms with E-state index in [0.29, 0.717) is 23.0 Å². The number of aryl methyl sites for hydroxylation is 1. The van der Waals surface area contributed by atoms with Crippen LogP contribution < -0.4 is 4.74 Å². The largest absolute Gasteiger partial charge is 0.486 e. The van der Waals surface area contributed by atoms with E-state index in [4.69, 9.17) is 14.1 Å². The average Bonchev–Trinajstić information content (AvgIpc) is 3.60. The van der Waals surface area contributed by atoms with Gasteiger partial charge in [0.15, 0.2) is 5.76 Å². The van der Waals surface area contributed by atoms with Crippen LogP contribution in [0.4, 0.5) is 0 Å². The van der Waals surface area contributed by atoms with Crippen molar-refractivity contribution >= 4 is 38.6 Å². The Hall–Kier alpha value is -3.69. The number of benzene rings is 2. The first-order valence-corrected chi connectivity index (χ1v) is 12.1. The molecule has 1 N–H and O–H groups in total. The summed E-state index contributed by atoms with van der Waals surface area (Å²) in [6.45, 7) is 2.48. The lowest BCUT2D eigenvalue weighted by Gasteiger charge is -2.07. The molecule has 0 saturated heterocycles. The summed E-state index contributed by atoms with van der Waals surface area (Å²) in [7, 11) is 0. The van der Waals surface area contributed by atoms with Gasteiger partial charge in [-0.25, -0.2) is 14.5 Å². The molecule has 2 aromatic carbocycles. The van der Waals surface area contributed by atoms with Crippen LogP contribution in [0.3, 0.4) is 0 Å². The Bertz CT molecular complexity index is 1550. The highest BCUT2D eigenvalue weighted by atomic mass is 32.1.